The third-order valence-electron chi connectivity index (χ3n) is 3.21. The van der Waals surface area contributed by atoms with Gasteiger partial charge in [0.1, 0.15) is 10.6 Å². The lowest BCUT2D eigenvalue weighted by Gasteiger charge is -2.13. The molecule has 0 aliphatic carbocycles. The number of aromatic amines is 1. The second-order valence-electron chi connectivity index (χ2n) is 5.10. The van der Waals surface area contributed by atoms with E-state index in [2.05, 4.69) is 20.7 Å². The Labute approximate surface area is 132 Å². The molecule has 7 nitrogen and oxygen atoms in total. The van der Waals surface area contributed by atoms with Crippen LogP contribution in [0.3, 0.4) is 0 Å². The van der Waals surface area contributed by atoms with E-state index in [1.54, 1.807) is 19.3 Å². The molecule has 0 aliphatic rings. The Morgan fingerprint density at radius 2 is 2.23 bits per heavy atom. The van der Waals surface area contributed by atoms with Gasteiger partial charge in [0.2, 0.25) is 0 Å². The number of aromatic nitrogens is 4. The van der Waals surface area contributed by atoms with Gasteiger partial charge in [-0.3, -0.25) is 9.59 Å². The van der Waals surface area contributed by atoms with Crippen LogP contribution in [0, 0.1) is 0 Å². The standard InChI is InChI=1S/C14H19N5O2S/c1-9(2)11-5-4-10(14(21)19(11)3)13(20)15-6-7-22-12-8-16-18-17-12/h4-5,8-9H,6-7H2,1-3H3,(H,15,20)(H,16,17,18). The maximum absolute atomic E-state index is 12.2. The molecule has 22 heavy (non-hydrogen) atoms. The molecule has 0 radical (unpaired) electrons. The summed E-state index contributed by atoms with van der Waals surface area (Å²) in [5.74, 6) is 0.535. The average Bonchev–Trinajstić information content (AvgIpc) is 2.99. The normalized spacial score (nSPS) is 10.9. The molecular formula is C14H19N5O2S. The highest BCUT2D eigenvalue weighted by molar-refractivity contribution is 7.99. The molecule has 0 atom stereocenters. The molecule has 0 spiro atoms. The maximum Gasteiger partial charge on any atom is 0.263 e. The van der Waals surface area contributed by atoms with Gasteiger partial charge in [-0.1, -0.05) is 13.8 Å². The summed E-state index contributed by atoms with van der Waals surface area (Å²) in [5.41, 5.74) is 0.800. The van der Waals surface area contributed by atoms with Crippen LogP contribution in [0.25, 0.3) is 0 Å². The minimum atomic E-state index is -0.350. The van der Waals surface area contributed by atoms with Crippen LogP contribution in [0.1, 0.15) is 35.8 Å². The largest absolute Gasteiger partial charge is 0.351 e. The van der Waals surface area contributed by atoms with Crippen molar-refractivity contribution in [1.29, 1.82) is 0 Å². The maximum atomic E-state index is 12.2. The molecule has 118 valence electrons. The molecule has 2 aromatic heterocycles. The fourth-order valence-electron chi connectivity index (χ4n) is 2.08. The third kappa shape index (κ3) is 3.76. The Kier molecular flexibility index (Phi) is 5.37. The van der Waals surface area contributed by atoms with Crippen LogP contribution in [0.4, 0.5) is 0 Å². The molecule has 2 rings (SSSR count). The Hall–Kier alpha value is -2.09. The number of hydrogen-bond acceptors (Lipinski definition) is 5. The van der Waals surface area contributed by atoms with E-state index in [4.69, 9.17) is 0 Å². The minimum absolute atomic E-state index is 0.165. The first-order valence-electron chi connectivity index (χ1n) is 6.97. The molecule has 0 aromatic carbocycles. The Bertz CT molecular complexity index is 694. The van der Waals surface area contributed by atoms with E-state index in [0.29, 0.717) is 12.3 Å². The molecule has 0 fully saturated rings. The van der Waals surface area contributed by atoms with Gasteiger partial charge in [0.05, 0.1) is 6.20 Å². The lowest BCUT2D eigenvalue weighted by Crippen LogP contribution is -2.34. The minimum Gasteiger partial charge on any atom is -0.351 e. The summed E-state index contributed by atoms with van der Waals surface area (Å²) in [4.78, 5) is 24.3. The SMILES string of the molecule is CC(C)c1ccc(C(=O)NCCSc2cn[nH]n2)c(=O)n1C. The first kappa shape index (κ1) is 16.3. The number of hydrogen-bond donors (Lipinski definition) is 2. The summed E-state index contributed by atoms with van der Waals surface area (Å²) < 4.78 is 1.53. The summed E-state index contributed by atoms with van der Waals surface area (Å²) >= 11 is 1.48. The highest BCUT2D eigenvalue weighted by atomic mass is 32.2. The zero-order chi connectivity index (χ0) is 16.1. The smallest absolute Gasteiger partial charge is 0.263 e. The summed E-state index contributed by atoms with van der Waals surface area (Å²) in [5, 5.41) is 13.6. The molecule has 1 amide bonds. The Morgan fingerprint density at radius 3 is 2.86 bits per heavy atom. The highest BCUT2D eigenvalue weighted by Gasteiger charge is 2.14. The van der Waals surface area contributed by atoms with Gasteiger partial charge in [-0.15, -0.1) is 16.9 Å². The predicted molar refractivity (Wildman–Crippen MR) is 85.2 cm³/mol. The molecule has 0 saturated carbocycles. The Morgan fingerprint density at radius 1 is 1.45 bits per heavy atom. The number of amides is 1. The topological polar surface area (TPSA) is 92.7 Å². The van der Waals surface area contributed by atoms with Gasteiger partial charge >= 0.3 is 0 Å². The van der Waals surface area contributed by atoms with Crippen molar-refractivity contribution < 1.29 is 4.79 Å². The first-order chi connectivity index (χ1) is 10.5. The van der Waals surface area contributed by atoms with Gasteiger partial charge < -0.3 is 9.88 Å². The van der Waals surface area contributed by atoms with Gasteiger partial charge in [0.15, 0.2) is 0 Å². The average molecular weight is 321 g/mol. The fraction of sp³-hybridized carbons (Fsp3) is 0.429. The number of pyridine rings is 1. The van der Waals surface area contributed by atoms with Gasteiger partial charge in [-0.2, -0.15) is 10.3 Å². The van der Waals surface area contributed by atoms with Crippen LogP contribution in [0.15, 0.2) is 28.2 Å². The number of nitrogens with one attached hydrogen (secondary N) is 2. The fourth-order valence-corrected chi connectivity index (χ4v) is 2.72. The molecular weight excluding hydrogens is 302 g/mol. The summed E-state index contributed by atoms with van der Waals surface area (Å²) in [6, 6.07) is 3.42. The van der Waals surface area contributed by atoms with Crippen LogP contribution in [0.2, 0.25) is 0 Å². The zero-order valence-corrected chi connectivity index (χ0v) is 13.6. The van der Waals surface area contributed by atoms with E-state index in [1.165, 1.54) is 16.3 Å². The van der Waals surface area contributed by atoms with Crippen molar-refractivity contribution in [2.45, 2.75) is 24.8 Å². The number of thioether (sulfide) groups is 1. The van der Waals surface area contributed by atoms with E-state index in [0.717, 1.165) is 10.7 Å². The number of carbonyl (C=O) groups is 1. The van der Waals surface area contributed by atoms with E-state index in [9.17, 15) is 9.59 Å². The molecule has 2 aromatic rings. The zero-order valence-electron chi connectivity index (χ0n) is 12.8. The van der Waals surface area contributed by atoms with E-state index in [-0.39, 0.29) is 22.9 Å². The molecule has 0 unspecified atom stereocenters. The second-order valence-corrected chi connectivity index (χ2v) is 6.22. The van der Waals surface area contributed by atoms with Gasteiger partial charge in [-0.05, 0) is 18.1 Å². The lowest BCUT2D eigenvalue weighted by atomic mass is 10.1. The summed E-state index contributed by atoms with van der Waals surface area (Å²) in [7, 11) is 1.69. The van der Waals surface area contributed by atoms with Gasteiger partial charge in [0.25, 0.3) is 11.5 Å². The van der Waals surface area contributed by atoms with Crippen molar-refractivity contribution in [2.75, 3.05) is 12.3 Å². The molecule has 0 aliphatic heterocycles. The first-order valence-corrected chi connectivity index (χ1v) is 7.96. The van der Waals surface area contributed by atoms with Crippen molar-refractivity contribution in [2.24, 2.45) is 7.05 Å². The van der Waals surface area contributed by atoms with E-state index in [1.807, 2.05) is 19.9 Å². The Balaban J connectivity index is 1.95. The number of rotatable bonds is 6. The quantitative estimate of drug-likeness (QED) is 0.615. The highest BCUT2D eigenvalue weighted by Crippen LogP contribution is 2.12. The van der Waals surface area contributed by atoms with Crippen LogP contribution < -0.4 is 10.9 Å². The van der Waals surface area contributed by atoms with Gasteiger partial charge in [-0.25, -0.2) is 0 Å². The van der Waals surface area contributed by atoms with Crippen molar-refractivity contribution >= 4 is 17.7 Å². The number of nitrogens with zero attached hydrogens (tertiary/aromatic N) is 3. The monoisotopic (exact) mass is 321 g/mol. The van der Waals surface area contributed by atoms with Crippen LogP contribution >= 0.6 is 11.8 Å². The predicted octanol–water partition coefficient (Wildman–Crippen LogP) is 1.15. The molecule has 2 N–H and O–H groups in total. The molecule has 2 heterocycles. The van der Waals surface area contributed by atoms with Crippen LogP contribution in [0.5, 0.6) is 0 Å². The summed E-state index contributed by atoms with van der Waals surface area (Å²) in [6.07, 6.45) is 1.62. The second kappa shape index (κ2) is 7.26. The molecule has 0 bridgehead atoms. The molecule has 8 heteroatoms. The van der Waals surface area contributed by atoms with Crippen molar-refractivity contribution in [3.63, 3.8) is 0 Å². The number of H-pyrrole nitrogens is 1. The van der Waals surface area contributed by atoms with Crippen LogP contribution in [-0.4, -0.2) is 38.2 Å². The summed E-state index contributed by atoms with van der Waals surface area (Å²) in [6.45, 7) is 4.47. The molecule has 0 saturated heterocycles. The van der Waals surface area contributed by atoms with Crippen molar-refractivity contribution in [1.82, 2.24) is 25.3 Å². The lowest BCUT2D eigenvalue weighted by molar-refractivity contribution is 0.0954. The van der Waals surface area contributed by atoms with Crippen molar-refractivity contribution in [3.8, 4) is 0 Å². The number of carbonyl (C=O) groups excluding carboxylic acids is 1. The van der Waals surface area contributed by atoms with E-state index >= 15 is 0 Å². The van der Waals surface area contributed by atoms with E-state index < -0.39 is 0 Å². The van der Waals surface area contributed by atoms with Gasteiger partial charge in [0, 0.05) is 25.0 Å². The van der Waals surface area contributed by atoms with Crippen LogP contribution in [-0.2, 0) is 7.05 Å². The third-order valence-corrected chi connectivity index (χ3v) is 4.11. The van der Waals surface area contributed by atoms with Crippen molar-refractivity contribution in [3.05, 3.63) is 39.9 Å².